The maximum Gasteiger partial charge on any atom is 0.425 e. The third-order valence-corrected chi connectivity index (χ3v) is 4.49. The van der Waals surface area contributed by atoms with Crippen LogP contribution in [0.15, 0.2) is 94.1 Å². The fourth-order valence-corrected chi connectivity index (χ4v) is 3.31. The Kier molecular flexibility index (Phi) is 3.22. The molecular weight excluding hydrogens is 324 g/mol. The molecular formula is C22H14N2O2. The Morgan fingerprint density at radius 2 is 1.35 bits per heavy atom. The van der Waals surface area contributed by atoms with Gasteiger partial charge in [-0.3, -0.25) is 0 Å². The van der Waals surface area contributed by atoms with E-state index in [4.69, 9.17) is 9.40 Å². The molecule has 5 aromatic rings. The van der Waals surface area contributed by atoms with E-state index in [-0.39, 0.29) is 0 Å². The molecule has 0 atom stereocenters. The van der Waals surface area contributed by atoms with Crippen molar-refractivity contribution in [3.8, 4) is 22.6 Å². The predicted octanol–water partition coefficient (Wildman–Crippen LogP) is 4.77. The molecule has 0 amide bonds. The van der Waals surface area contributed by atoms with Crippen molar-refractivity contribution in [3.63, 3.8) is 0 Å². The van der Waals surface area contributed by atoms with Crippen LogP contribution in [-0.4, -0.2) is 9.38 Å². The van der Waals surface area contributed by atoms with Crippen LogP contribution < -0.4 is 5.76 Å². The predicted molar refractivity (Wildman–Crippen MR) is 102 cm³/mol. The minimum absolute atomic E-state index is 0.429. The van der Waals surface area contributed by atoms with Crippen LogP contribution in [0.4, 0.5) is 0 Å². The molecule has 0 N–H and O–H groups in total. The van der Waals surface area contributed by atoms with Crippen molar-refractivity contribution in [1.29, 1.82) is 0 Å². The van der Waals surface area contributed by atoms with Gasteiger partial charge >= 0.3 is 5.76 Å². The minimum atomic E-state index is -0.429. The van der Waals surface area contributed by atoms with Crippen LogP contribution in [0.5, 0.6) is 0 Å². The Labute approximate surface area is 149 Å². The van der Waals surface area contributed by atoms with Crippen molar-refractivity contribution >= 4 is 16.6 Å². The monoisotopic (exact) mass is 338 g/mol. The van der Waals surface area contributed by atoms with Gasteiger partial charge in [-0.05, 0) is 6.07 Å². The van der Waals surface area contributed by atoms with Crippen LogP contribution in [-0.2, 0) is 0 Å². The van der Waals surface area contributed by atoms with Gasteiger partial charge in [0.15, 0.2) is 11.4 Å². The van der Waals surface area contributed by atoms with Crippen LogP contribution in [0.25, 0.3) is 39.1 Å². The molecule has 0 radical (unpaired) electrons. The molecule has 124 valence electrons. The fraction of sp³-hybridized carbons (Fsp3) is 0. The van der Waals surface area contributed by atoms with E-state index in [0.717, 1.165) is 27.7 Å². The average Bonchev–Trinajstić information content (AvgIpc) is 3.05. The van der Waals surface area contributed by atoms with Gasteiger partial charge in [-0.15, -0.1) is 0 Å². The quantitative estimate of drug-likeness (QED) is 0.465. The molecule has 0 fully saturated rings. The van der Waals surface area contributed by atoms with E-state index in [1.807, 2.05) is 84.9 Å². The Morgan fingerprint density at radius 3 is 2.08 bits per heavy atom. The summed E-state index contributed by atoms with van der Waals surface area (Å²) in [6, 6.07) is 27.3. The maximum absolute atomic E-state index is 12.6. The highest BCUT2D eigenvalue weighted by Crippen LogP contribution is 2.31. The second-order valence-electron chi connectivity index (χ2n) is 6.07. The van der Waals surface area contributed by atoms with E-state index in [1.54, 1.807) is 4.40 Å². The Bertz CT molecular complexity index is 1290. The standard InChI is InChI=1S/C22H14N2O2/c25-22-24-18-14-8-7-13-17(18)19(15-9-3-1-4-10-15)23-21(24)20(26-22)16-11-5-2-6-12-16/h1-14H. The molecule has 4 nitrogen and oxygen atoms in total. The normalized spacial score (nSPS) is 11.2. The first-order valence-corrected chi connectivity index (χ1v) is 8.38. The molecule has 5 rings (SSSR count). The molecule has 2 aromatic heterocycles. The van der Waals surface area contributed by atoms with Gasteiger partial charge in [-0.2, -0.15) is 0 Å². The zero-order chi connectivity index (χ0) is 17.5. The summed E-state index contributed by atoms with van der Waals surface area (Å²) in [5.74, 6) is 0.0562. The SMILES string of the molecule is O=c1oc(-c2ccccc2)c2nc(-c3ccccc3)c3ccccc3n12. The van der Waals surface area contributed by atoms with Gasteiger partial charge in [0.2, 0.25) is 0 Å². The smallest absolute Gasteiger partial charge is 0.405 e. The van der Waals surface area contributed by atoms with Crippen LogP contribution in [0.2, 0.25) is 0 Å². The lowest BCUT2D eigenvalue weighted by Gasteiger charge is -2.08. The number of rotatable bonds is 2. The van der Waals surface area contributed by atoms with Crippen molar-refractivity contribution in [2.75, 3.05) is 0 Å². The summed E-state index contributed by atoms with van der Waals surface area (Å²) in [6.45, 7) is 0. The van der Waals surface area contributed by atoms with Gasteiger partial charge in [0, 0.05) is 16.5 Å². The van der Waals surface area contributed by atoms with Gasteiger partial charge in [0.25, 0.3) is 0 Å². The molecule has 3 aromatic carbocycles. The minimum Gasteiger partial charge on any atom is -0.405 e. The highest BCUT2D eigenvalue weighted by Gasteiger charge is 2.18. The number of oxazole rings is 1. The lowest BCUT2D eigenvalue weighted by molar-refractivity contribution is 0.522. The molecule has 0 aliphatic heterocycles. The zero-order valence-electron chi connectivity index (χ0n) is 13.8. The molecule has 0 unspecified atom stereocenters. The van der Waals surface area contributed by atoms with Crippen molar-refractivity contribution in [2.24, 2.45) is 0 Å². The lowest BCUT2D eigenvalue weighted by Crippen LogP contribution is -2.08. The number of para-hydroxylation sites is 1. The Balaban J connectivity index is 1.95. The van der Waals surface area contributed by atoms with Crippen LogP contribution >= 0.6 is 0 Å². The van der Waals surface area contributed by atoms with E-state index in [1.165, 1.54) is 0 Å². The number of hydrogen-bond acceptors (Lipinski definition) is 3. The van der Waals surface area contributed by atoms with Gasteiger partial charge in [-0.1, -0.05) is 78.9 Å². The summed E-state index contributed by atoms with van der Waals surface area (Å²) >= 11 is 0. The van der Waals surface area contributed by atoms with Crippen molar-refractivity contribution in [2.45, 2.75) is 0 Å². The molecule has 0 saturated heterocycles. The number of aromatic nitrogens is 2. The van der Waals surface area contributed by atoms with Crippen molar-refractivity contribution in [3.05, 3.63) is 95.5 Å². The average molecular weight is 338 g/mol. The second kappa shape index (κ2) is 5.70. The highest BCUT2D eigenvalue weighted by molar-refractivity contribution is 5.95. The summed E-state index contributed by atoms with van der Waals surface area (Å²) < 4.78 is 7.14. The first-order valence-electron chi connectivity index (χ1n) is 8.38. The van der Waals surface area contributed by atoms with E-state index >= 15 is 0 Å². The van der Waals surface area contributed by atoms with Crippen molar-refractivity contribution in [1.82, 2.24) is 9.38 Å². The molecule has 0 saturated carbocycles. The summed E-state index contributed by atoms with van der Waals surface area (Å²) in [5.41, 5.74) is 3.97. The molecule has 0 aliphatic carbocycles. The zero-order valence-corrected chi connectivity index (χ0v) is 13.8. The molecule has 4 heteroatoms. The third kappa shape index (κ3) is 2.16. The van der Waals surface area contributed by atoms with Gasteiger partial charge in [0.1, 0.15) is 0 Å². The van der Waals surface area contributed by atoms with Gasteiger partial charge in [0.05, 0.1) is 11.2 Å². The summed E-state index contributed by atoms with van der Waals surface area (Å²) in [7, 11) is 0. The van der Waals surface area contributed by atoms with Gasteiger partial charge < -0.3 is 4.42 Å². The summed E-state index contributed by atoms with van der Waals surface area (Å²) in [6.07, 6.45) is 0. The first-order chi connectivity index (χ1) is 12.8. The van der Waals surface area contributed by atoms with E-state index in [0.29, 0.717) is 11.4 Å². The summed E-state index contributed by atoms with van der Waals surface area (Å²) in [5, 5.41) is 0.911. The van der Waals surface area contributed by atoms with Crippen LogP contribution in [0, 0.1) is 0 Å². The molecule has 0 bridgehead atoms. The first kappa shape index (κ1) is 14.7. The van der Waals surface area contributed by atoms with Crippen molar-refractivity contribution < 1.29 is 4.42 Å². The molecule has 0 spiro atoms. The largest absolute Gasteiger partial charge is 0.425 e. The topological polar surface area (TPSA) is 47.5 Å². The Hall–Kier alpha value is -3.66. The number of hydrogen-bond donors (Lipinski definition) is 0. The number of fused-ring (bicyclic) bond motifs is 3. The molecule has 0 aliphatic rings. The van der Waals surface area contributed by atoms with Crippen LogP contribution in [0.3, 0.4) is 0 Å². The lowest BCUT2D eigenvalue weighted by atomic mass is 10.1. The van der Waals surface area contributed by atoms with E-state index in [2.05, 4.69) is 0 Å². The number of nitrogens with zero attached hydrogens (tertiary/aromatic N) is 2. The fourth-order valence-electron chi connectivity index (χ4n) is 3.31. The molecule has 26 heavy (non-hydrogen) atoms. The maximum atomic E-state index is 12.6. The van der Waals surface area contributed by atoms with Gasteiger partial charge in [-0.25, -0.2) is 14.2 Å². The van der Waals surface area contributed by atoms with Crippen LogP contribution in [0.1, 0.15) is 0 Å². The summed E-state index contributed by atoms with van der Waals surface area (Å²) in [4.78, 5) is 17.4. The van der Waals surface area contributed by atoms with E-state index < -0.39 is 5.76 Å². The highest BCUT2D eigenvalue weighted by atomic mass is 16.4. The van der Waals surface area contributed by atoms with E-state index in [9.17, 15) is 4.79 Å². The third-order valence-electron chi connectivity index (χ3n) is 4.49. The second-order valence-corrected chi connectivity index (χ2v) is 6.07. The Morgan fingerprint density at radius 1 is 0.731 bits per heavy atom. The molecule has 2 heterocycles. The number of benzene rings is 3.